The lowest BCUT2D eigenvalue weighted by Crippen LogP contribution is -2.18. The molecule has 0 radical (unpaired) electrons. The quantitative estimate of drug-likeness (QED) is 0.226. The summed E-state index contributed by atoms with van der Waals surface area (Å²) in [4.78, 5) is 47.3. The summed E-state index contributed by atoms with van der Waals surface area (Å²) in [5.74, 6) is -1.70. The molecule has 31 heavy (non-hydrogen) atoms. The SMILES string of the molecule is O=C(COC(=O)c1ccccc1NC(=O)c1ccc([N+](=O)[O-])cc1)c1ccc(Br)cc1. The molecule has 0 bridgehead atoms. The van der Waals surface area contributed by atoms with Crippen molar-refractivity contribution in [3.8, 4) is 0 Å². The number of anilines is 1. The van der Waals surface area contributed by atoms with Crippen LogP contribution in [0.1, 0.15) is 31.1 Å². The number of ether oxygens (including phenoxy) is 1. The van der Waals surface area contributed by atoms with Gasteiger partial charge in [0.2, 0.25) is 0 Å². The van der Waals surface area contributed by atoms with Gasteiger partial charge in [-0.2, -0.15) is 0 Å². The van der Waals surface area contributed by atoms with Gasteiger partial charge in [0.15, 0.2) is 12.4 Å². The second-order valence-electron chi connectivity index (χ2n) is 6.31. The third-order valence-corrected chi connectivity index (χ3v) is 4.76. The molecule has 0 saturated heterocycles. The highest BCUT2D eigenvalue weighted by molar-refractivity contribution is 9.10. The Morgan fingerprint density at radius 3 is 2.16 bits per heavy atom. The maximum atomic E-state index is 12.5. The highest BCUT2D eigenvalue weighted by Crippen LogP contribution is 2.19. The normalized spacial score (nSPS) is 10.2. The average molecular weight is 483 g/mol. The first-order valence-corrected chi connectivity index (χ1v) is 9.75. The zero-order chi connectivity index (χ0) is 22.4. The molecule has 0 aromatic heterocycles. The van der Waals surface area contributed by atoms with Gasteiger partial charge in [-0.3, -0.25) is 19.7 Å². The van der Waals surface area contributed by atoms with E-state index in [1.54, 1.807) is 36.4 Å². The summed E-state index contributed by atoms with van der Waals surface area (Å²) in [5, 5.41) is 13.3. The molecule has 1 N–H and O–H groups in total. The summed E-state index contributed by atoms with van der Waals surface area (Å²) in [7, 11) is 0. The summed E-state index contributed by atoms with van der Waals surface area (Å²) >= 11 is 3.28. The number of nitro groups is 1. The number of nitrogens with zero attached hydrogens (tertiary/aromatic N) is 1. The van der Waals surface area contributed by atoms with Crippen LogP contribution in [0.2, 0.25) is 0 Å². The smallest absolute Gasteiger partial charge is 0.340 e. The highest BCUT2D eigenvalue weighted by Gasteiger charge is 2.17. The number of halogens is 1. The molecule has 3 rings (SSSR count). The topological polar surface area (TPSA) is 116 Å². The molecule has 0 unspecified atom stereocenters. The van der Waals surface area contributed by atoms with Gasteiger partial charge in [0.05, 0.1) is 16.2 Å². The molecule has 9 heteroatoms. The molecule has 0 aliphatic carbocycles. The number of carbonyl (C=O) groups is 3. The molecule has 0 aliphatic rings. The molecule has 0 saturated carbocycles. The summed E-state index contributed by atoms with van der Waals surface area (Å²) in [6, 6.07) is 17.9. The number of esters is 1. The number of nitrogens with one attached hydrogen (secondary N) is 1. The van der Waals surface area contributed by atoms with Crippen LogP contribution in [-0.2, 0) is 4.74 Å². The molecule has 3 aromatic carbocycles. The van der Waals surface area contributed by atoms with Crippen LogP contribution in [0.25, 0.3) is 0 Å². The minimum atomic E-state index is -0.773. The lowest BCUT2D eigenvalue weighted by atomic mass is 10.1. The fourth-order valence-electron chi connectivity index (χ4n) is 2.63. The molecule has 0 fully saturated rings. The molecular weight excluding hydrogens is 468 g/mol. The van der Waals surface area contributed by atoms with Crippen molar-refractivity contribution in [3.63, 3.8) is 0 Å². The predicted molar refractivity (Wildman–Crippen MR) is 116 cm³/mol. The van der Waals surface area contributed by atoms with Crippen LogP contribution >= 0.6 is 15.9 Å². The van der Waals surface area contributed by atoms with Gasteiger partial charge in [-0.15, -0.1) is 0 Å². The van der Waals surface area contributed by atoms with Crippen molar-refractivity contribution in [1.29, 1.82) is 0 Å². The number of ketones is 1. The molecule has 0 spiro atoms. The first-order valence-electron chi connectivity index (χ1n) is 8.96. The van der Waals surface area contributed by atoms with E-state index in [-0.39, 0.29) is 28.3 Å². The number of nitro benzene ring substituents is 1. The van der Waals surface area contributed by atoms with Gasteiger partial charge in [-0.1, -0.05) is 40.2 Å². The van der Waals surface area contributed by atoms with E-state index >= 15 is 0 Å². The van der Waals surface area contributed by atoms with Gasteiger partial charge in [0, 0.05) is 27.7 Å². The van der Waals surface area contributed by atoms with E-state index in [4.69, 9.17) is 4.74 Å². The fourth-order valence-corrected chi connectivity index (χ4v) is 2.89. The number of rotatable bonds is 7. The summed E-state index contributed by atoms with van der Waals surface area (Å²) in [6.45, 7) is -0.453. The van der Waals surface area contributed by atoms with Gasteiger partial charge in [-0.25, -0.2) is 4.79 Å². The third-order valence-electron chi connectivity index (χ3n) is 4.24. The van der Waals surface area contributed by atoms with Crippen LogP contribution in [0.15, 0.2) is 77.3 Å². The fraction of sp³-hybridized carbons (Fsp3) is 0.0455. The van der Waals surface area contributed by atoms with Crippen molar-refractivity contribution in [2.24, 2.45) is 0 Å². The maximum Gasteiger partial charge on any atom is 0.340 e. The van der Waals surface area contributed by atoms with Crippen molar-refractivity contribution in [2.45, 2.75) is 0 Å². The molecule has 8 nitrogen and oxygen atoms in total. The van der Waals surface area contributed by atoms with Gasteiger partial charge < -0.3 is 10.1 Å². The second kappa shape index (κ2) is 9.77. The second-order valence-corrected chi connectivity index (χ2v) is 7.23. The van der Waals surface area contributed by atoms with Gasteiger partial charge in [0.1, 0.15) is 0 Å². The summed E-state index contributed by atoms with van der Waals surface area (Å²) < 4.78 is 5.94. The van der Waals surface area contributed by atoms with E-state index in [1.807, 2.05) is 0 Å². The number of amides is 1. The number of hydrogen-bond acceptors (Lipinski definition) is 6. The molecule has 156 valence electrons. The summed E-state index contributed by atoms with van der Waals surface area (Å²) in [5.41, 5.74) is 0.694. The van der Waals surface area contributed by atoms with E-state index in [0.29, 0.717) is 5.56 Å². The predicted octanol–water partition coefficient (Wildman–Crippen LogP) is 4.65. The maximum absolute atomic E-state index is 12.5. The standard InChI is InChI=1S/C22H15BrN2O6/c23-16-9-5-14(6-10-16)20(26)13-31-22(28)18-3-1-2-4-19(18)24-21(27)15-7-11-17(12-8-15)25(29)30/h1-12H,13H2,(H,24,27). The Balaban J connectivity index is 1.68. The van der Waals surface area contributed by atoms with Crippen LogP contribution in [-0.4, -0.2) is 29.2 Å². The minimum absolute atomic E-state index is 0.0707. The number of carbonyl (C=O) groups excluding carboxylic acids is 3. The average Bonchev–Trinajstić information content (AvgIpc) is 2.78. The molecular formula is C22H15BrN2O6. The van der Waals surface area contributed by atoms with Crippen molar-refractivity contribution in [2.75, 3.05) is 11.9 Å². The van der Waals surface area contributed by atoms with Gasteiger partial charge in [0.25, 0.3) is 11.6 Å². The van der Waals surface area contributed by atoms with Crippen molar-refractivity contribution < 1.29 is 24.0 Å². The Kier molecular flexibility index (Phi) is 6.88. The highest BCUT2D eigenvalue weighted by atomic mass is 79.9. The van der Waals surface area contributed by atoms with Crippen LogP contribution in [0, 0.1) is 10.1 Å². The number of non-ortho nitro benzene ring substituents is 1. The van der Waals surface area contributed by atoms with Crippen molar-refractivity contribution >= 4 is 45.0 Å². The van der Waals surface area contributed by atoms with Crippen LogP contribution in [0.5, 0.6) is 0 Å². The lowest BCUT2D eigenvalue weighted by molar-refractivity contribution is -0.384. The Hall–Kier alpha value is -3.85. The first kappa shape index (κ1) is 21.8. The number of Topliss-reactive ketones (excluding diaryl/α,β-unsaturated/α-hetero) is 1. The van der Waals surface area contributed by atoms with Crippen molar-refractivity contribution in [1.82, 2.24) is 0 Å². The van der Waals surface area contributed by atoms with Gasteiger partial charge >= 0.3 is 5.97 Å². The Morgan fingerprint density at radius 2 is 1.52 bits per heavy atom. The Labute approximate surface area is 185 Å². The first-order chi connectivity index (χ1) is 14.8. The van der Waals surface area contributed by atoms with E-state index in [0.717, 1.165) is 4.47 Å². The van der Waals surface area contributed by atoms with Crippen LogP contribution < -0.4 is 5.32 Å². The van der Waals surface area contributed by atoms with Crippen LogP contribution in [0.4, 0.5) is 11.4 Å². The largest absolute Gasteiger partial charge is 0.454 e. The van der Waals surface area contributed by atoms with Crippen molar-refractivity contribution in [3.05, 3.63) is 104 Å². The zero-order valence-corrected chi connectivity index (χ0v) is 17.5. The number of hydrogen-bond donors (Lipinski definition) is 1. The minimum Gasteiger partial charge on any atom is -0.454 e. The monoisotopic (exact) mass is 482 g/mol. The lowest BCUT2D eigenvalue weighted by Gasteiger charge is -2.11. The molecule has 0 heterocycles. The molecule has 0 aliphatic heterocycles. The number of benzene rings is 3. The Morgan fingerprint density at radius 1 is 0.903 bits per heavy atom. The molecule has 0 atom stereocenters. The van der Waals surface area contributed by atoms with E-state index in [1.165, 1.54) is 36.4 Å². The van der Waals surface area contributed by atoms with Crippen LogP contribution in [0.3, 0.4) is 0 Å². The van der Waals surface area contributed by atoms with E-state index in [9.17, 15) is 24.5 Å². The molecule has 3 aromatic rings. The third kappa shape index (κ3) is 5.61. The molecule has 1 amide bonds. The summed E-state index contributed by atoms with van der Waals surface area (Å²) in [6.07, 6.45) is 0. The number of para-hydroxylation sites is 1. The Bertz CT molecular complexity index is 1140. The van der Waals surface area contributed by atoms with Gasteiger partial charge in [-0.05, 0) is 36.4 Å². The zero-order valence-electron chi connectivity index (χ0n) is 15.9. The van der Waals surface area contributed by atoms with E-state index in [2.05, 4.69) is 21.2 Å². The van der Waals surface area contributed by atoms with E-state index < -0.39 is 23.4 Å².